The van der Waals surface area contributed by atoms with E-state index in [1.54, 1.807) is 36.4 Å². The minimum atomic E-state index is -4.33. The van der Waals surface area contributed by atoms with E-state index in [1.165, 1.54) is 12.9 Å². The van der Waals surface area contributed by atoms with Gasteiger partial charge >= 0.3 is 0 Å². The van der Waals surface area contributed by atoms with Gasteiger partial charge in [-0.05, 0) is 69.8 Å². The van der Waals surface area contributed by atoms with Crippen LogP contribution in [0.25, 0.3) is 0 Å². The summed E-state index contributed by atoms with van der Waals surface area (Å²) in [6.07, 6.45) is 0. The largest absolute Gasteiger partial charge is 0.269 e. The molecule has 3 aliphatic rings. The van der Waals surface area contributed by atoms with Crippen LogP contribution in [0.1, 0.15) is 33.4 Å². The van der Waals surface area contributed by atoms with Gasteiger partial charge in [0.2, 0.25) is 30.1 Å². The number of sulfonamides is 3. The van der Waals surface area contributed by atoms with Gasteiger partial charge in [0.25, 0.3) is 17.1 Å². The second kappa shape index (κ2) is 14.8. The highest BCUT2D eigenvalue weighted by molar-refractivity contribution is 7.89. The molecule has 6 bridgehead atoms. The first-order chi connectivity index (χ1) is 26.9. The zero-order valence-electron chi connectivity index (χ0n) is 29.4. The van der Waals surface area contributed by atoms with Crippen molar-refractivity contribution < 1.29 is 40.0 Å². The van der Waals surface area contributed by atoms with E-state index in [-0.39, 0.29) is 71.0 Å². The summed E-state index contributed by atoms with van der Waals surface area (Å²) in [5, 5.41) is 33.9. The molecule has 294 valence electrons. The average molecular weight is 835 g/mol. The minimum Gasteiger partial charge on any atom is -0.258 e. The van der Waals surface area contributed by atoms with Gasteiger partial charge < -0.3 is 0 Å². The van der Waals surface area contributed by atoms with Gasteiger partial charge in [-0.25, -0.2) is 25.3 Å². The molecule has 5 aromatic rings. The lowest BCUT2D eigenvalue weighted by Crippen LogP contribution is -2.34. The van der Waals surface area contributed by atoms with Gasteiger partial charge in [-0.2, -0.15) is 12.9 Å². The van der Waals surface area contributed by atoms with Crippen molar-refractivity contribution in [3.63, 3.8) is 0 Å². The highest BCUT2D eigenvalue weighted by atomic mass is 32.2. The first-order valence-corrected chi connectivity index (χ1v) is 21.2. The Bertz CT molecular complexity index is 2390. The van der Waals surface area contributed by atoms with Gasteiger partial charge in [0.15, 0.2) is 0 Å². The predicted octanol–water partition coefficient (Wildman–Crippen LogP) is 5.21. The van der Waals surface area contributed by atoms with E-state index in [0.29, 0.717) is 33.4 Å². The van der Waals surface area contributed by atoms with Crippen LogP contribution in [-0.2, 0) is 69.3 Å². The summed E-state index contributed by atoms with van der Waals surface area (Å²) in [5.41, 5.74) is 1.29. The number of nitrogens with zero attached hydrogens (tertiary/aromatic N) is 6. The van der Waals surface area contributed by atoms with Crippen LogP contribution in [0.2, 0.25) is 0 Å². The molecule has 8 rings (SSSR count). The van der Waals surface area contributed by atoms with E-state index in [0.717, 1.165) is 72.8 Å². The van der Waals surface area contributed by atoms with Crippen LogP contribution in [0.4, 0.5) is 17.1 Å². The van der Waals surface area contributed by atoms with E-state index < -0.39 is 44.8 Å². The SMILES string of the molecule is O=[N+]([O-])c1ccc(S(=O)(=O)N2Cc3cc4cc(c3)CN(S(=O)(=O)c3ccc([N+](=O)[O-])cc3)Cc3cc(cc(c3)CN(S(=O)(=O)c3ccc([N+](=O)[O-])cc3)C4)C2)cc1. The second-order valence-electron chi connectivity index (χ2n) is 13.4. The van der Waals surface area contributed by atoms with Crippen LogP contribution in [0.5, 0.6) is 0 Å². The summed E-state index contributed by atoms with van der Waals surface area (Å²) < 4.78 is 89.0. The zero-order valence-corrected chi connectivity index (χ0v) is 31.9. The van der Waals surface area contributed by atoms with Crippen LogP contribution in [0.15, 0.2) is 124 Å². The molecule has 5 aromatic carbocycles. The molecular weight excluding hydrogens is 805 g/mol. The molecule has 18 nitrogen and oxygen atoms in total. The molecule has 0 atom stereocenters. The van der Waals surface area contributed by atoms with E-state index in [2.05, 4.69) is 0 Å². The number of hydrogen-bond donors (Lipinski definition) is 0. The van der Waals surface area contributed by atoms with Crippen molar-refractivity contribution in [3.05, 3.63) is 173 Å². The van der Waals surface area contributed by atoms with Gasteiger partial charge in [-0.3, -0.25) is 30.3 Å². The lowest BCUT2D eigenvalue weighted by molar-refractivity contribution is -0.385. The van der Waals surface area contributed by atoms with Crippen LogP contribution < -0.4 is 0 Å². The van der Waals surface area contributed by atoms with Gasteiger partial charge in [0.1, 0.15) is 0 Å². The summed E-state index contributed by atoms with van der Waals surface area (Å²) in [6.45, 7) is -1.64. The summed E-state index contributed by atoms with van der Waals surface area (Å²) in [7, 11) is -13.0. The molecule has 57 heavy (non-hydrogen) atoms. The number of benzene rings is 5. The fourth-order valence-electron chi connectivity index (χ4n) is 6.79. The molecule has 0 saturated carbocycles. The molecule has 0 spiro atoms. The Labute approximate surface area is 325 Å². The van der Waals surface area contributed by atoms with Gasteiger partial charge in [0.05, 0.1) is 29.5 Å². The van der Waals surface area contributed by atoms with E-state index in [1.807, 2.05) is 0 Å². The number of nitro benzene ring substituents is 3. The number of non-ortho nitro benzene ring substituents is 3. The van der Waals surface area contributed by atoms with E-state index in [9.17, 15) is 55.6 Å². The number of hydrogen-bond acceptors (Lipinski definition) is 12. The summed E-state index contributed by atoms with van der Waals surface area (Å²) in [6, 6.07) is 22.9. The highest BCUT2D eigenvalue weighted by Gasteiger charge is 2.32. The van der Waals surface area contributed by atoms with Gasteiger partial charge in [0, 0.05) is 75.7 Å². The Balaban J connectivity index is 1.39. The van der Waals surface area contributed by atoms with E-state index in [4.69, 9.17) is 0 Å². The smallest absolute Gasteiger partial charge is 0.258 e. The molecule has 21 heteroatoms. The fraction of sp³-hybridized carbons (Fsp3) is 0.167. The fourth-order valence-corrected chi connectivity index (χ4v) is 11.0. The zero-order chi connectivity index (χ0) is 40.9. The molecule has 0 amide bonds. The molecule has 0 fully saturated rings. The van der Waals surface area contributed by atoms with Crippen LogP contribution >= 0.6 is 0 Å². The first-order valence-electron chi connectivity index (χ1n) is 16.9. The summed E-state index contributed by atoms with van der Waals surface area (Å²) in [5.74, 6) is 0. The lowest BCUT2D eigenvalue weighted by atomic mass is 10.0. The average Bonchev–Trinajstić information content (AvgIpc) is 3.16. The second-order valence-corrected chi connectivity index (χ2v) is 19.2. The normalized spacial score (nSPS) is 15.6. The van der Waals surface area contributed by atoms with Crippen LogP contribution in [0.3, 0.4) is 0 Å². The van der Waals surface area contributed by atoms with Crippen molar-refractivity contribution in [1.82, 2.24) is 12.9 Å². The third kappa shape index (κ3) is 8.01. The number of fused-ring (bicyclic) bond motifs is 6. The van der Waals surface area contributed by atoms with Crippen molar-refractivity contribution in [2.75, 3.05) is 0 Å². The molecule has 0 unspecified atom stereocenters. The van der Waals surface area contributed by atoms with Gasteiger partial charge in [-0.1, -0.05) is 36.4 Å². The lowest BCUT2D eigenvalue weighted by Gasteiger charge is -2.30. The third-order valence-electron chi connectivity index (χ3n) is 9.43. The molecule has 3 aliphatic heterocycles. The van der Waals surface area contributed by atoms with Crippen molar-refractivity contribution in [1.29, 1.82) is 0 Å². The topological polar surface area (TPSA) is 242 Å². The Hall–Kier alpha value is -5.97. The van der Waals surface area contributed by atoms with Crippen LogP contribution in [0, 0.1) is 30.3 Å². The predicted molar refractivity (Wildman–Crippen MR) is 201 cm³/mol. The minimum absolute atomic E-state index is 0.208. The molecule has 0 N–H and O–H groups in total. The quantitative estimate of drug-likeness (QED) is 0.137. The molecule has 0 radical (unpaired) electrons. The summed E-state index contributed by atoms with van der Waals surface area (Å²) in [4.78, 5) is 31.3. The molecule has 0 aliphatic carbocycles. The van der Waals surface area contributed by atoms with Crippen molar-refractivity contribution in [3.8, 4) is 0 Å². The molecule has 0 saturated heterocycles. The van der Waals surface area contributed by atoms with Crippen LogP contribution in [-0.4, -0.2) is 52.9 Å². The van der Waals surface area contributed by atoms with Crippen molar-refractivity contribution in [2.45, 2.75) is 54.0 Å². The highest BCUT2D eigenvalue weighted by Crippen LogP contribution is 2.32. The van der Waals surface area contributed by atoms with E-state index >= 15 is 0 Å². The Morgan fingerprint density at radius 1 is 0.351 bits per heavy atom. The molecule has 3 heterocycles. The Morgan fingerprint density at radius 3 is 0.684 bits per heavy atom. The maximum Gasteiger partial charge on any atom is 0.269 e. The summed E-state index contributed by atoms with van der Waals surface area (Å²) >= 11 is 0. The number of rotatable bonds is 9. The monoisotopic (exact) mass is 834 g/mol. The maximum atomic E-state index is 14.2. The third-order valence-corrected chi connectivity index (χ3v) is 14.9. The maximum absolute atomic E-state index is 14.2. The first kappa shape index (κ1) is 39.3. The van der Waals surface area contributed by atoms with Gasteiger partial charge in [-0.15, -0.1) is 0 Å². The van der Waals surface area contributed by atoms with Crippen molar-refractivity contribution in [2.24, 2.45) is 0 Å². The molecule has 0 aromatic heterocycles. The standard InChI is InChI=1S/C36H30N6O12S3/c43-40(44)31-1-7-34(8-2-31)55(49,50)37-19-25-13-27-17-29(15-25)23-39(57(53,54)36-11-5-33(6-12-36)42(47)48)24-30-16-26(20-37)14-28(18-30)22-38(21-27)56(51,52)35-9-3-32(4-10-35)41(45)46/h1-18H,19-24H2. The Kier molecular flexibility index (Phi) is 10.2. The van der Waals surface area contributed by atoms with Crippen molar-refractivity contribution >= 4 is 47.1 Å². The molecular formula is C36H30N6O12S3. The number of nitro groups is 3. The Morgan fingerprint density at radius 2 is 0.526 bits per heavy atom.